The van der Waals surface area contributed by atoms with Crippen LogP contribution in [0.2, 0.25) is 5.02 Å². The van der Waals surface area contributed by atoms with Gasteiger partial charge in [0.2, 0.25) is 10.0 Å². The summed E-state index contributed by atoms with van der Waals surface area (Å²) in [5.74, 6) is -1.23. The van der Waals surface area contributed by atoms with E-state index >= 15 is 0 Å². The van der Waals surface area contributed by atoms with Crippen LogP contribution < -0.4 is 0 Å². The Kier molecular flexibility index (Phi) is 3.77. The number of hydrogen-bond acceptors (Lipinski definition) is 3. The van der Waals surface area contributed by atoms with Crippen LogP contribution >= 0.6 is 11.6 Å². The molecule has 0 atom stereocenters. The molecule has 1 heterocycles. The number of fused-ring (bicyclic) bond motifs is 1. The third-order valence-electron chi connectivity index (χ3n) is 3.55. The Morgan fingerprint density at radius 1 is 1.38 bits per heavy atom. The standard InChI is InChI=1S/C13H15ClN2O4S/c1-13(2,12(17)18)16(3)21(19,20)11-7-15-10-6-8(14)4-5-9(10)11/h4-7,15H,1-3H3,(H,17,18). The zero-order chi connectivity index (χ0) is 16.0. The Morgan fingerprint density at radius 3 is 2.57 bits per heavy atom. The highest BCUT2D eigenvalue weighted by atomic mass is 35.5. The first-order valence-corrected chi connectivity index (χ1v) is 7.89. The van der Waals surface area contributed by atoms with E-state index in [1.165, 1.54) is 27.1 Å². The summed E-state index contributed by atoms with van der Waals surface area (Å²) in [5, 5.41) is 10.1. The molecule has 0 amide bonds. The highest BCUT2D eigenvalue weighted by Crippen LogP contribution is 2.30. The third-order valence-corrected chi connectivity index (χ3v) is 5.86. The molecule has 8 heteroatoms. The molecule has 1 aromatic carbocycles. The largest absolute Gasteiger partial charge is 0.480 e. The molecule has 0 unspecified atom stereocenters. The maximum absolute atomic E-state index is 12.7. The molecule has 0 spiro atoms. The molecule has 2 N–H and O–H groups in total. The van der Waals surface area contributed by atoms with Crippen LogP contribution in [0.3, 0.4) is 0 Å². The van der Waals surface area contributed by atoms with Crippen LogP contribution in [0.25, 0.3) is 10.9 Å². The number of aromatic amines is 1. The van der Waals surface area contributed by atoms with Gasteiger partial charge in [-0.25, -0.2) is 8.42 Å². The predicted molar refractivity (Wildman–Crippen MR) is 80.0 cm³/mol. The molecule has 0 bridgehead atoms. The van der Waals surface area contributed by atoms with Crippen molar-refractivity contribution >= 4 is 38.5 Å². The number of hydrogen-bond donors (Lipinski definition) is 2. The molecule has 0 aliphatic heterocycles. The van der Waals surface area contributed by atoms with Crippen molar-refractivity contribution in [1.82, 2.24) is 9.29 Å². The fourth-order valence-electron chi connectivity index (χ4n) is 1.87. The minimum absolute atomic E-state index is 0.0194. The van der Waals surface area contributed by atoms with Gasteiger partial charge in [0.15, 0.2) is 0 Å². The lowest BCUT2D eigenvalue weighted by atomic mass is 10.1. The van der Waals surface area contributed by atoms with E-state index in [1.807, 2.05) is 0 Å². The van der Waals surface area contributed by atoms with E-state index in [9.17, 15) is 18.3 Å². The fourth-order valence-corrected chi connectivity index (χ4v) is 3.68. The van der Waals surface area contributed by atoms with Gasteiger partial charge in [-0.1, -0.05) is 11.6 Å². The van der Waals surface area contributed by atoms with Crippen molar-refractivity contribution in [2.24, 2.45) is 0 Å². The van der Waals surface area contributed by atoms with Crippen LogP contribution in [0.5, 0.6) is 0 Å². The van der Waals surface area contributed by atoms with E-state index in [0.717, 1.165) is 4.31 Å². The first-order valence-electron chi connectivity index (χ1n) is 6.07. The lowest BCUT2D eigenvalue weighted by molar-refractivity contribution is -0.145. The summed E-state index contributed by atoms with van der Waals surface area (Å²) in [6, 6.07) is 4.78. The van der Waals surface area contributed by atoms with E-state index in [2.05, 4.69) is 4.98 Å². The molecule has 114 valence electrons. The zero-order valence-electron chi connectivity index (χ0n) is 11.7. The molecule has 6 nitrogen and oxygen atoms in total. The molecule has 21 heavy (non-hydrogen) atoms. The molecule has 0 saturated carbocycles. The van der Waals surface area contributed by atoms with Crippen molar-refractivity contribution in [3.05, 3.63) is 29.4 Å². The first-order chi connectivity index (χ1) is 9.58. The Balaban J connectivity index is 2.60. The van der Waals surface area contributed by atoms with Gasteiger partial charge in [-0.05, 0) is 32.0 Å². The number of carbonyl (C=O) groups is 1. The predicted octanol–water partition coefficient (Wildman–Crippen LogP) is 2.30. The summed E-state index contributed by atoms with van der Waals surface area (Å²) < 4.78 is 26.2. The number of rotatable bonds is 4. The van der Waals surface area contributed by atoms with Crippen LogP contribution in [0.1, 0.15) is 13.8 Å². The van der Waals surface area contributed by atoms with Crippen molar-refractivity contribution in [1.29, 1.82) is 0 Å². The van der Waals surface area contributed by atoms with Crippen molar-refractivity contribution in [2.75, 3.05) is 7.05 Å². The molecule has 2 aromatic rings. The number of sulfonamides is 1. The van der Waals surface area contributed by atoms with E-state index in [1.54, 1.807) is 18.2 Å². The average Bonchev–Trinajstić information content (AvgIpc) is 2.80. The van der Waals surface area contributed by atoms with Crippen molar-refractivity contribution in [3.63, 3.8) is 0 Å². The number of benzene rings is 1. The van der Waals surface area contributed by atoms with Crippen LogP contribution in [-0.4, -0.2) is 41.4 Å². The summed E-state index contributed by atoms with van der Waals surface area (Å²) in [7, 11) is -2.71. The van der Waals surface area contributed by atoms with Crippen LogP contribution in [0.15, 0.2) is 29.3 Å². The number of aromatic nitrogens is 1. The lowest BCUT2D eigenvalue weighted by Crippen LogP contribution is -2.50. The van der Waals surface area contributed by atoms with E-state index in [-0.39, 0.29) is 4.90 Å². The molecule has 0 saturated heterocycles. The number of nitrogens with one attached hydrogen (secondary N) is 1. The number of halogens is 1. The van der Waals surface area contributed by atoms with Gasteiger partial charge in [-0.2, -0.15) is 4.31 Å². The zero-order valence-corrected chi connectivity index (χ0v) is 13.3. The van der Waals surface area contributed by atoms with Crippen molar-refractivity contribution < 1.29 is 18.3 Å². The van der Waals surface area contributed by atoms with Crippen molar-refractivity contribution in [2.45, 2.75) is 24.3 Å². The number of H-pyrrole nitrogens is 1. The number of carboxylic acids is 1. The maximum atomic E-state index is 12.7. The second kappa shape index (κ2) is 5.01. The second-order valence-electron chi connectivity index (χ2n) is 5.18. The van der Waals surface area contributed by atoms with Crippen LogP contribution in [0.4, 0.5) is 0 Å². The highest BCUT2D eigenvalue weighted by Gasteiger charge is 2.40. The maximum Gasteiger partial charge on any atom is 0.324 e. The number of nitrogens with zero attached hydrogens (tertiary/aromatic N) is 1. The number of carboxylic acid groups (broad SMARTS) is 1. The minimum atomic E-state index is -3.96. The quantitative estimate of drug-likeness (QED) is 0.900. The van der Waals surface area contributed by atoms with E-state index in [4.69, 9.17) is 11.6 Å². The molecule has 2 rings (SSSR count). The van der Waals surface area contributed by atoms with Gasteiger partial charge >= 0.3 is 5.97 Å². The Morgan fingerprint density at radius 2 is 2.00 bits per heavy atom. The first kappa shape index (κ1) is 15.8. The summed E-state index contributed by atoms with van der Waals surface area (Å²) in [5.41, 5.74) is -0.989. The van der Waals surface area contributed by atoms with Crippen LogP contribution in [-0.2, 0) is 14.8 Å². The summed E-state index contributed by atoms with van der Waals surface area (Å²) >= 11 is 5.86. The molecule has 0 aliphatic carbocycles. The molecule has 0 aliphatic rings. The summed E-state index contributed by atoms with van der Waals surface area (Å²) in [6.45, 7) is 2.66. The number of likely N-dealkylation sites (N-methyl/N-ethyl adjacent to an activating group) is 1. The van der Waals surface area contributed by atoms with Gasteiger partial charge in [0, 0.05) is 29.2 Å². The second-order valence-corrected chi connectivity index (χ2v) is 7.55. The number of aliphatic carboxylic acids is 1. The monoisotopic (exact) mass is 330 g/mol. The van der Waals surface area contributed by atoms with Gasteiger partial charge in [0.1, 0.15) is 10.4 Å². The van der Waals surface area contributed by atoms with E-state index < -0.39 is 21.5 Å². The van der Waals surface area contributed by atoms with Crippen molar-refractivity contribution in [3.8, 4) is 0 Å². The van der Waals surface area contributed by atoms with Gasteiger partial charge in [-0.3, -0.25) is 4.79 Å². The molecule has 0 radical (unpaired) electrons. The SMILES string of the molecule is CN(C(C)(C)C(=O)O)S(=O)(=O)c1c[nH]c2cc(Cl)ccc12. The topological polar surface area (TPSA) is 90.5 Å². The molecule has 0 fully saturated rings. The smallest absolute Gasteiger partial charge is 0.324 e. The molecular formula is C13H15ClN2O4S. The molecule has 1 aromatic heterocycles. The summed E-state index contributed by atoms with van der Waals surface area (Å²) in [4.78, 5) is 14.1. The van der Waals surface area contributed by atoms with Crippen LogP contribution in [0, 0.1) is 0 Å². The van der Waals surface area contributed by atoms with Gasteiger partial charge in [0.25, 0.3) is 0 Å². The Labute approximate surface area is 127 Å². The summed E-state index contributed by atoms with van der Waals surface area (Å²) in [6.07, 6.45) is 1.34. The van der Waals surface area contributed by atoms with Gasteiger partial charge < -0.3 is 10.1 Å². The van der Waals surface area contributed by atoms with E-state index in [0.29, 0.717) is 15.9 Å². The minimum Gasteiger partial charge on any atom is -0.480 e. The van der Waals surface area contributed by atoms with Gasteiger partial charge in [-0.15, -0.1) is 0 Å². The lowest BCUT2D eigenvalue weighted by Gasteiger charge is -2.30. The van der Waals surface area contributed by atoms with Gasteiger partial charge in [0.05, 0.1) is 0 Å². The molecular weight excluding hydrogens is 316 g/mol. The normalized spacial score (nSPS) is 13.0. The average molecular weight is 331 g/mol. The Hall–Kier alpha value is -1.57. The fraction of sp³-hybridized carbons (Fsp3) is 0.308. The Bertz CT molecular complexity index is 811. The highest BCUT2D eigenvalue weighted by molar-refractivity contribution is 7.89. The third kappa shape index (κ3) is 2.52.